The van der Waals surface area contributed by atoms with Crippen LogP contribution in [0.5, 0.6) is 0 Å². The van der Waals surface area contributed by atoms with Crippen molar-refractivity contribution in [3.05, 3.63) is 24.3 Å². The van der Waals surface area contributed by atoms with Crippen LogP contribution in [0.1, 0.15) is 39.5 Å². The zero-order chi connectivity index (χ0) is 8.81. The van der Waals surface area contributed by atoms with Gasteiger partial charge >= 0.3 is 0 Å². The van der Waals surface area contributed by atoms with Gasteiger partial charge in [0.2, 0.25) is 0 Å². The van der Waals surface area contributed by atoms with Crippen LogP contribution < -0.4 is 0 Å². The quantitative estimate of drug-likeness (QED) is 0.542. The van der Waals surface area contributed by atoms with Crippen LogP contribution in [0.4, 0.5) is 0 Å². The fraction of sp³-hybridized carbons (Fsp3) is 0.667. The molecular weight excluding hydrogens is 144 g/mol. The monoisotopic (exact) mass is 164 g/mol. The average molecular weight is 164 g/mol. The summed E-state index contributed by atoms with van der Waals surface area (Å²) in [6, 6.07) is 0. The highest BCUT2D eigenvalue weighted by molar-refractivity contribution is 4.94. The molecule has 12 heavy (non-hydrogen) atoms. The molecule has 1 rings (SSSR count). The van der Waals surface area contributed by atoms with Crippen molar-refractivity contribution in [2.45, 2.75) is 39.5 Å². The van der Waals surface area contributed by atoms with Crippen LogP contribution in [0, 0.1) is 11.8 Å². The molecule has 1 saturated carbocycles. The van der Waals surface area contributed by atoms with E-state index in [4.69, 9.17) is 0 Å². The lowest BCUT2D eigenvalue weighted by Crippen LogP contribution is -2.10. The molecule has 0 aromatic rings. The minimum absolute atomic E-state index is 0.872. The number of hydrogen-bond acceptors (Lipinski definition) is 0. The highest BCUT2D eigenvalue weighted by Crippen LogP contribution is 2.30. The fourth-order valence-corrected chi connectivity index (χ4v) is 2.07. The van der Waals surface area contributed by atoms with Crippen molar-refractivity contribution >= 4 is 0 Å². The van der Waals surface area contributed by atoms with Crippen molar-refractivity contribution < 1.29 is 0 Å². The minimum Gasteiger partial charge on any atom is -0.0914 e. The molecule has 1 aliphatic rings. The maximum absolute atomic E-state index is 2.37. The summed E-state index contributed by atoms with van der Waals surface area (Å²) in [5, 5.41) is 0. The van der Waals surface area contributed by atoms with Crippen molar-refractivity contribution in [2.24, 2.45) is 11.8 Å². The Morgan fingerprint density at radius 2 is 1.08 bits per heavy atom. The second kappa shape index (κ2) is 5.18. The van der Waals surface area contributed by atoms with Crippen LogP contribution in [-0.2, 0) is 0 Å². The molecule has 0 radical (unpaired) electrons. The summed E-state index contributed by atoms with van der Waals surface area (Å²) >= 11 is 0. The van der Waals surface area contributed by atoms with E-state index in [2.05, 4.69) is 38.2 Å². The van der Waals surface area contributed by atoms with E-state index in [1.165, 1.54) is 25.7 Å². The summed E-state index contributed by atoms with van der Waals surface area (Å²) in [7, 11) is 0. The lowest BCUT2D eigenvalue weighted by molar-refractivity contribution is 0.356. The lowest BCUT2D eigenvalue weighted by Gasteiger charge is -2.24. The Balaban J connectivity index is 2.29. The normalized spacial score (nSPS) is 31.8. The van der Waals surface area contributed by atoms with Crippen molar-refractivity contribution in [3.8, 4) is 0 Å². The minimum atomic E-state index is 0.872. The van der Waals surface area contributed by atoms with E-state index >= 15 is 0 Å². The first kappa shape index (κ1) is 9.57. The zero-order valence-corrected chi connectivity index (χ0v) is 8.29. The molecule has 0 aromatic heterocycles. The van der Waals surface area contributed by atoms with Crippen molar-refractivity contribution in [2.75, 3.05) is 0 Å². The highest BCUT2D eigenvalue weighted by atomic mass is 14.2. The highest BCUT2D eigenvalue weighted by Gasteiger charge is 2.16. The van der Waals surface area contributed by atoms with Gasteiger partial charge in [-0.2, -0.15) is 0 Å². The molecule has 0 aromatic carbocycles. The van der Waals surface area contributed by atoms with Gasteiger partial charge < -0.3 is 0 Å². The Hall–Kier alpha value is -0.520. The third-order valence-electron chi connectivity index (χ3n) is 2.75. The zero-order valence-electron chi connectivity index (χ0n) is 8.29. The molecule has 0 heteroatoms. The molecule has 0 unspecified atom stereocenters. The standard InChI is InChI=1S/C12H20/c1-3-5-11-7-9-12(6-4-2)10-8-11/h3-6,11-12H,7-10H2,1-2H3/b5-3+,6-4+. The molecule has 0 bridgehead atoms. The van der Waals surface area contributed by atoms with E-state index in [0.717, 1.165) is 11.8 Å². The molecule has 0 spiro atoms. The Morgan fingerprint density at radius 3 is 1.33 bits per heavy atom. The van der Waals surface area contributed by atoms with Crippen LogP contribution in [0.2, 0.25) is 0 Å². The molecule has 1 aliphatic carbocycles. The van der Waals surface area contributed by atoms with E-state index in [9.17, 15) is 0 Å². The van der Waals surface area contributed by atoms with E-state index in [1.54, 1.807) is 0 Å². The van der Waals surface area contributed by atoms with E-state index in [0.29, 0.717) is 0 Å². The largest absolute Gasteiger partial charge is 0.0914 e. The second-order valence-corrected chi connectivity index (χ2v) is 3.73. The number of hydrogen-bond donors (Lipinski definition) is 0. The summed E-state index contributed by atoms with van der Waals surface area (Å²) in [5.41, 5.74) is 0. The van der Waals surface area contributed by atoms with E-state index < -0.39 is 0 Å². The Kier molecular flexibility index (Phi) is 4.13. The average Bonchev–Trinajstić information content (AvgIpc) is 2.09. The Bertz CT molecular complexity index is 137. The topological polar surface area (TPSA) is 0 Å². The summed E-state index contributed by atoms with van der Waals surface area (Å²) < 4.78 is 0. The molecule has 0 heterocycles. The van der Waals surface area contributed by atoms with Gasteiger partial charge in [-0.15, -0.1) is 0 Å². The van der Waals surface area contributed by atoms with Crippen molar-refractivity contribution in [1.29, 1.82) is 0 Å². The Morgan fingerprint density at radius 1 is 0.750 bits per heavy atom. The van der Waals surface area contributed by atoms with E-state index in [1.807, 2.05) is 0 Å². The third kappa shape index (κ3) is 2.84. The van der Waals surface area contributed by atoms with Gasteiger partial charge in [-0.25, -0.2) is 0 Å². The molecule has 0 amide bonds. The first-order chi connectivity index (χ1) is 5.86. The first-order valence-corrected chi connectivity index (χ1v) is 5.12. The van der Waals surface area contributed by atoms with Gasteiger partial charge in [0.05, 0.1) is 0 Å². The van der Waals surface area contributed by atoms with Crippen molar-refractivity contribution in [3.63, 3.8) is 0 Å². The maximum Gasteiger partial charge on any atom is -0.0233 e. The Labute approximate surface area is 76.4 Å². The predicted octanol–water partition coefficient (Wildman–Crippen LogP) is 3.95. The number of allylic oxidation sites excluding steroid dienone is 4. The van der Waals surface area contributed by atoms with Crippen LogP contribution in [0.3, 0.4) is 0 Å². The maximum atomic E-state index is 2.37. The molecule has 0 N–H and O–H groups in total. The summed E-state index contributed by atoms with van der Waals surface area (Å²) in [5.74, 6) is 1.74. The molecule has 1 fully saturated rings. The molecular formula is C12H20. The molecule has 0 aliphatic heterocycles. The van der Waals surface area contributed by atoms with Crippen LogP contribution in [0.25, 0.3) is 0 Å². The molecule has 68 valence electrons. The van der Waals surface area contributed by atoms with Gasteiger partial charge in [0, 0.05) is 0 Å². The molecule has 0 saturated heterocycles. The molecule has 0 atom stereocenters. The van der Waals surface area contributed by atoms with Crippen LogP contribution in [-0.4, -0.2) is 0 Å². The van der Waals surface area contributed by atoms with Gasteiger partial charge in [-0.1, -0.05) is 24.3 Å². The van der Waals surface area contributed by atoms with Crippen LogP contribution >= 0.6 is 0 Å². The van der Waals surface area contributed by atoms with Gasteiger partial charge in [0.25, 0.3) is 0 Å². The van der Waals surface area contributed by atoms with Gasteiger partial charge in [-0.3, -0.25) is 0 Å². The van der Waals surface area contributed by atoms with Crippen LogP contribution in [0.15, 0.2) is 24.3 Å². The van der Waals surface area contributed by atoms with E-state index in [-0.39, 0.29) is 0 Å². The third-order valence-corrected chi connectivity index (χ3v) is 2.75. The van der Waals surface area contributed by atoms with Gasteiger partial charge in [0.15, 0.2) is 0 Å². The predicted molar refractivity (Wildman–Crippen MR) is 55.1 cm³/mol. The fourth-order valence-electron chi connectivity index (χ4n) is 2.07. The summed E-state index contributed by atoms with van der Waals surface area (Å²) in [6.07, 6.45) is 14.7. The lowest BCUT2D eigenvalue weighted by atomic mass is 9.82. The van der Waals surface area contributed by atoms with Gasteiger partial charge in [-0.05, 0) is 51.4 Å². The van der Waals surface area contributed by atoms with Gasteiger partial charge in [0.1, 0.15) is 0 Å². The second-order valence-electron chi connectivity index (χ2n) is 3.73. The number of rotatable bonds is 2. The molecule has 0 nitrogen and oxygen atoms in total. The van der Waals surface area contributed by atoms with Crippen molar-refractivity contribution in [1.82, 2.24) is 0 Å². The first-order valence-electron chi connectivity index (χ1n) is 5.12. The summed E-state index contributed by atoms with van der Waals surface area (Å²) in [6.45, 7) is 4.25. The summed E-state index contributed by atoms with van der Waals surface area (Å²) in [4.78, 5) is 0. The SMILES string of the molecule is C/C=C/C1CCC(/C=C/C)CC1. The smallest absolute Gasteiger partial charge is 0.0233 e.